The van der Waals surface area contributed by atoms with Gasteiger partial charge in [-0.25, -0.2) is 4.79 Å². The maximum absolute atomic E-state index is 13.0. The number of carbonyl (C=O) groups excluding carboxylic acids is 3. The molecule has 0 saturated carbocycles. The van der Waals surface area contributed by atoms with E-state index < -0.39 is 17.5 Å². The topological polar surface area (TPSA) is 126 Å². The standard InChI is InChI=1S/C22H21N5O4/c1-31-17-7-8-18-14(11-17)12-27(19(18)28)13-22(20(29)25-21(30)26-22)15-3-5-16(6-4-15)24-10-2-9-23/h2-11H,12-13,23H2,1H3,(H2,25,26,29,30). The van der Waals surface area contributed by atoms with E-state index in [9.17, 15) is 14.4 Å². The number of fused-ring (bicyclic) bond motifs is 1. The second-order valence-electron chi connectivity index (χ2n) is 7.21. The molecule has 1 unspecified atom stereocenters. The van der Waals surface area contributed by atoms with E-state index in [2.05, 4.69) is 15.6 Å². The van der Waals surface area contributed by atoms with E-state index in [0.717, 1.165) is 5.56 Å². The highest BCUT2D eigenvalue weighted by Crippen LogP contribution is 2.33. The van der Waals surface area contributed by atoms with Gasteiger partial charge >= 0.3 is 6.03 Å². The molecule has 31 heavy (non-hydrogen) atoms. The number of benzene rings is 2. The van der Waals surface area contributed by atoms with Crippen LogP contribution < -0.4 is 21.1 Å². The Morgan fingerprint density at radius 2 is 1.97 bits per heavy atom. The second kappa shape index (κ2) is 7.94. The maximum atomic E-state index is 13.0. The molecule has 1 fully saturated rings. The molecule has 0 bridgehead atoms. The third-order valence-electron chi connectivity index (χ3n) is 5.34. The molecule has 9 heteroatoms. The summed E-state index contributed by atoms with van der Waals surface area (Å²) in [6.07, 6.45) is 4.50. The van der Waals surface area contributed by atoms with Crippen molar-refractivity contribution < 1.29 is 19.1 Å². The van der Waals surface area contributed by atoms with Crippen molar-refractivity contribution in [2.45, 2.75) is 12.1 Å². The summed E-state index contributed by atoms with van der Waals surface area (Å²) in [7, 11) is 1.56. The van der Waals surface area contributed by atoms with Crippen molar-refractivity contribution in [1.82, 2.24) is 15.5 Å². The number of ether oxygens (including phenoxy) is 1. The Morgan fingerprint density at radius 3 is 2.61 bits per heavy atom. The van der Waals surface area contributed by atoms with Crippen LogP contribution in [-0.2, 0) is 16.9 Å². The highest BCUT2D eigenvalue weighted by atomic mass is 16.5. The molecule has 2 aliphatic heterocycles. The van der Waals surface area contributed by atoms with Gasteiger partial charge in [0.1, 0.15) is 5.75 Å². The Labute approximate surface area is 178 Å². The molecule has 0 aliphatic carbocycles. The Hall–Kier alpha value is -4.14. The number of nitrogens with two attached hydrogens (primary N) is 1. The summed E-state index contributed by atoms with van der Waals surface area (Å²) in [5, 5.41) is 5.01. The number of carbonyl (C=O) groups is 3. The van der Waals surface area contributed by atoms with E-state index in [4.69, 9.17) is 10.5 Å². The Balaban J connectivity index is 1.64. The van der Waals surface area contributed by atoms with E-state index in [0.29, 0.717) is 29.1 Å². The molecule has 4 N–H and O–H groups in total. The largest absolute Gasteiger partial charge is 0.497 e. The summed E-state index contributed by atoms with van der Waals surface area (Å²) < 4.78 is 5.24. The summed E-state index contributed by atoms with van der Waals surface area (Å²) in [5.41, 5.74) is 6.44. The van der Waals surface area contributed by atoms with Crippen LogP contribution in [0.2, 0.25) is 0 Å². The maximum Gasteiger partial charge on any atom is 0.322 e. The fourth-order valence-corrected chi connectivity index (χ4v) is 3.81. The van der Waals surface area contributed by atoms with Crippen LogP contribution in [0.25, 0.3) is 0 Å². The van der Waals surface area contributed by atoms with Gasteiger partial charge in [-0.15, -0.1) is 0 Å². The zero-order chi connectivity index (χ0) is 22.0. The molecule has 4 rings (SSSR count). The van der Waals surface area contributed by atoms with Crippen molar-refractivity contribution in [3.63, 3.8) is 0 Å². The number of hydrogen-bond donors (Lipinski definition) is 3. The molecule has 9 nitrogen and oxygen atoms in total. The van der Waals surface area contributed by atoms with Gasteiger partial charge in [0.15, 0.2) is 5.54 Å². The van der Waals surface area contributed by atoms with Crippen molar-refractivity contribution in [2.75, 3.05) is 13.7 Å². The number of urea groups is 1. The molecule has 0 aromatic heterocycles. The van der Waals surface area contributed by atoms with Gasteiger partial charge in [0.25, 0.3) is 11.8 Å². The minimum atomic E-state index is -1.40. The first-order valence-corrected chi connectivity index (χ1v) is 9.58. The monoisotopic (exact) mass is 419 g/mol. The number of imide groups is 1. The van der Waals surface area contributed by atoms with Gasteiger partial charge in [-0.2, -0.15) is 0 Å². The van der Waals surface area contributed by atoms with Gasteiger partial charge < -0.3 is 20.7 Å². The Kier molecular flexibility index (Phi) is 5.16. The number of allylic oxidation sites excluding steroid dienone is 1. The van der Waals surface area contributed by atoms with Gasteiger partial charge in [-0.3, -0.25) is 19.9 Å². The van der Waals surface area contributed by atoms with Crippen molar-refractivity contribution in [1.29, 1.82) is 0 Å². The van der Waals surface area contributed by atoms with Crippen LogP contribution in [-0.4, -0.2) is 42.6 Å². The van der Waals surface area contributed by atoms with Crippen LogP contribution in [0.1, 0.15) is 21.5 Å². The van der Waals surface area contributed by atoms with Gasteiger partial charge in [-0.1, -0.05) is 12.1 Å². The zero-order valence-electron chi connectivity index (χ0n) is 16.8. The summed E-state index contributed by atoms with van der Waals surface area (Å²) in [5.74, 6) is -0.0717. The average molecular weight is 419 g/mol. The molecule has 4 amide bonds. The number of aliphatic imine (C=N–C) groups is 1. The second-order valence-corrected chi connectivity index (χ2v) is 7.21. The minimum absolute atomic E-state index is 0.0150. The van der Waals surface area contributed by atoms with Gasteiger partial charge in [-0.05, 0) is 53.7 Å². The minimum Gasteiger partial charge on any atom is -0.497 e. The van der Waals surface area contributed by atoms with Crippen LogP contribution in [0.15, 0.2) is 59.7 Å². The summed E-state index contributed by atoms with van der Waals surface area (Å²) >= 11 is 0. The van der Waals surface area contributed by atoms with Gasteiger partial charge in [0, 0.05) is 18.3 Å². The molecular formula is C22H21N5O4. The van der Waals surface area contributed by atoms with Crippen molar-refractivity contribution >= 4 is 29.7 Å². The van der Waals surface area contributed by atoms with Crippen molar-refractivity contribution in [3.8, 4) is 5.75 Å². The predicted octanol–water partition coefficient (Wildman–Crippen LogP) is 1.56. The van der Waals surface area contributed by atoms with Crippen LogP contribution >= 0.6 is 0 Å². The molecule has 1 atom stereocenters. The quantitative estimate of drug-likeness (QED) is 0.484. The van der Waals surface area contributed by atoms with Crippen LogP contribution in [0.3, 0.4) is 0 Å². The van der Waals surface area contributed by atoms with Crippen LogP contribution in [0, 0.1) is 0 Å². The fraction of sp³-hybridized carbons (Fsp3) is 0.182. The number of hydrogen-bond acceptors (Lipinski definition) is 6. The van der Waals surface area contributed by atoms with E-state index in [1.165, 1.54) is 6.20 Å². The van der Waals surface area contributed by atoms with Crippen LogP contribution in [0.5, 0.6) is 5.75 Å². The van der Waals surface area contributed by atoms with E-state index in [1.807, 2.05) is 0 Å². The third kappa shape index (κ3) is 3.61. The van der Waals surface area contributed by atoms with E-state index in [1.54, 1.807) is 66.8 Å². The van der Waals surface area contributed by atoms with Gasteiger partial charge in [0.05, 0.1) is 19.3 Å². The first-order valence-electron chi connectivity index (χ1n) is 9.58. The lowest BCUT2D eigenvalue weighted by molar-refractivity contribution is -0.124. The Bertz CT molecular complexity index is 1110. The van der Waals surface area contributed by atoms with Gasteiger partial charge in [0.2, 0.25) is 0 Å². The summed E-state index contributed by atoms with van der Waals surface area (Å²) in [4.78, 5) is 43.6. The first-order chi connectivity index (χ1) is 15.0. The summed E-state index contributed by atoms with van der Waals surface area (Å²) in [6, 6.07) is 11.5. The fourth-order valence-electron chi connectivity index (χ4n) is 3.81. The molecule has 2 aliphatic rings. The smallest absolute Gasteiger partial charge is 0.322 e. The van der Waals surface area contributed by atoms with E-state index >= 15 is 0 Å². The highest BCUT2D eigenvalue weighted by Gasteiger charge is 2.50. The third-order valence-corrected chi connectivity index (χ3v) is 5.34. The molecule has 158 valence electrons. The molecule has 2 aromatic carbocycles. The number of methoxy groups -OCH3 is 1. The average Bonchev–Trinajstić information content (AvgIpc) is 3.23. The molecule has 0 radical (unpaired) electrons. The normalized spacial score (nSPS) is 20.4. The molecular weight excluding hydrogens is 398 g/mol. The van der Waals surface area contributed by atoms with Crippen LogP contribution in [0.4, 0.5) is 10.5 Å². The predicted molar refractivity (Wildman–Crippen MR) is 114 cm³/mol. The number of nitrogens with one attached hydrogen (secondary N) is 2. The number of nitrogens with zero attached hydrogens (tertiary/aromatic N) is 2. The molecule has 1 saturated heterocycles. The first kappa shape index (κ1) is 20.1. The molecule has 0 spiro atoms. The van der Waals surface area contributed by atoms with Crippen molar-refractivity contribution in [2.24, 2.45) is 10.7 Å². The lowest BCUT2D eigenvalue weighted by Gasteiger charge is -2.31. The zero-order valence-corrected chi connectivity index (χ0v) is 16.8. The number of rotatable bonds is 6. The SMILES string of the molecule is COc1ccc2c(c1)CN(CC1(c3ccc(N=CC=CN)cc3)NC(=O)NC1=O)C2=O. The lowest BCUT2D eigenvalue weighted by atomic mass is 9.89. The van der Waals surface area contributed by atoms with E-state index in [-0.39, 0.29) is 12.5 Å². The Morgan fingerprint density at radius 1 is 1.19 bits per heavy atom. The molecule has 2 heterocycles. The molecule has 2 aromatic rings. The highest BCUT2D eigenvalue weighted by molar-refractivity contribution is 6.08. The number of amides is 4. The van der Waals surface area contributed by atoms with Crippen molar-refractivity contribution in [3.05, 3.63) is 71.4 Å². The lowest BCUT2D eigenvalue weighted by Crippen LogP contribution is -2.52. The summed E-state index contributed by atoms with van der Waals surface area (Å²) in [6.45, 7) is 0.295.